The molecule has 0 atom stereocenters. The zero-order valence-corrected chi connectivity index (χ0v) is 13.7. The highest BCUT2D eigenvalue weighted by Gasteiger charge is 2.28. The van der Waals surface area contributed by atoms with Crippen LogP contribution >= 0.6 is 0 Å². The van der Waals surface area contributed by atoms with Crippen LogP contribution in [-0.4, -0.2) is 19.6 Å². The lowest BCUT2D eigenvalue weighted by molar-refractivity contribution is -0.112. The highest BCUT2D eigenvalue weighted by atomic mass is 16.5. The van der Waals surface area contributed by atoms with Gasteiger partial charge in [-0.15, -0.1) is 0 Å². The average molecular weight is 307 g/mol. The first-order valence-corrected chi connectivity index (χ1v) is 7.88. The molecule has 0 radical (unpaired) electrons. The molecule has 0 unspecified atom stereocenters. The summed E-state index contributed by atoms with van der Waals surface area (Å²) in [6.07, 6.45) is 1.94. The zero-order valence-electron chi connectivity index (χ0n) is 13.7. The quantitative estimate of drug-likeness (QED) is 0.791. The van der Waals surface area contributed by atoms with Gasteiger partial charge in [-0.1, -0.05) is 44.2 Å². The Bertz CT molecular complexity index is 744. The standard InChI is InChI=1S/C20H21NO2/c1-14(2)13-23-16-10-8-15(9-11-16)12-18-17-6-4-5-7-19(17)21(3)20(18)22/h4-12,14H,13H2,1-3H3/b18-12+. The molecule has 0 spiro atoms. The maximum atomic E-state index is 12.4. The molecule has 2 aromatic carbocycles. The molecule has 1 amide bonds. The second-order valence-electron chi connectivity index (χ2n) is 6.21. The van der Waals surface area contributed by atoms with Crippen molar-refractivity contribution in [1.82, 2.24) is 0 Å². The number of benzene rings is 2. The van der Waals surface area contributed by atoms with Crippen molar-refractivity contribution >= 4 is 23.2 Å². The number of hydrogen-bond donors (Lipinski definition) is 0. The fourth-order valence-corrected chi connectivity index (χ4v) is 2.63. The number of rotatable bonds is 4. The summed E-state index contributed by atoms with van der Waals surface area (Å²) < 4.78 is 5.69. The summed E-state index contributed by atoms with van der Waals surface area (Å²) in [5.41, 5.74) is 3.68. The minimum Gasteiger partial charge on any atom is -0.493 e. The first kappa shape index (κ1) is 15.3. The third-order valence-electron chi connectivity index (χ3n) is 3.87. The molecule has 0 saturated heterocycles. The summed E-state index contributed by atoms with van der Waals surface area (Å²) >= 11 is 0. The Labute approximate surface area is 137 Å². The minimum absolute atomic E-state index is 0.0336. The van der Waals surface area contributed by atoms with E-state index in [1.807, 2.05) is 61.7 Å². The van der Waals surface area contributed by atoms with E-state index in [0.717, 1.165) is 28.1 Å². The number of fused-ring (bicyclic) bond motifs is 1. The predicted molar refractivity (Wildman–Crippen MR) is 94.5 cm³/mol. The number of likely N-dealkylation sites (N-methyl/N-ethyl adjacent to an activating group) is 1. The van der Waals surface area contributed by atoms with Crippen molar-refractivity contribution in [2.45, 2.75) is 13.8 Å². The smallest absolute Gasteiger partial charge is 0.258 e. The van der Waals surface area contributed by atoms with Crippen LogP contribution in [0.15, 0.2) is 48.5 Å². The van der Waals surface area contributed by atoms with Crippen molar-refractivity contribution < 1.29 is 9.53 Å². The minimum atomic E-state index is 0.0336. The molecular weight excluding hydrogens is 286 g/mol. The van der Waals surface area contributed by atoms with Gasteiger partial charge in [-0.2, -0.15) is 0 Å². The first-order valence-electron chi connectivity index (χ1n) is 7.88. The Balaban J connectivity index is 1.86. The van der Waals surface area contributed by atoms with E-state index in [4.69, 9.17) is 4.74 Å². The molecule has 3 nitrogen and oxygen atoms in total. The Morgan fingerprint density at radius 2 is 1.78 bits per heavy atom. The van der Waals surface area contributed by atoms with Gasteiger partial charge in [-0.25, -0.2) is 0 Å². The van der Waals surface area contributed by atoms with Crippen LogP contribution in [0.3, 0.4) is 0 Å². The van der Waals surface area contributed by atoms with Crippen molar-refractivity contribution in [3.05, 3.63) is 59.7 Å². The number of amides is 1. The lowest BCUT2D eigenvalue weighted by Gasteiger charge is -2.09. The van der Waals surface area contributed by atoms with Gasteiger partial charge in [-0.05, 0) is 35.8 Å². The van der Waals surface area contributed by atoms with Crippen LogP contribution in [0.2, 0.25) is 0 Å². The van der Waals surface area contributed by atoms with E-state index >= 15 is 0 Å². The molecule has 2 aromatic rings. The van der Waals surface area contributed by atoms with Gasteiger partial charge in [0.2, 0.25) is 0 Å². The highest BCUT2D eigenvalue weighted by Crippen LogP contribution is 2.36. The van der Waals surface area contributed by atoms with Crippen LogP contribution < -0.4 is 9.64 Å². The van der Waals surface area contributed by atoms with Crippen LogP contribution in [0.1, 0.15) is 25.0 Å². The lowest BCUT2D eigenvalue weighted by atomic mass is 10.0. The van der Waals surface area contributed by atoms with E-state index in [0.29, 0.717) is 12.5 Å². The van der Waals surface area contributed by atoms with Crippen LogP contribution in [0.5, 0.6) is 5.75 Å². The van der Waals surface area contributed by atoms with Crippen LogP contribution in [0, 0.1) is 5.92 Å². The normalized spacial score (nSPS) is 15.4. The third-order valence-corrected chi connectivity index (χ3v) is 3.87. The van der Waals surface area contributed by atoms with Gasteiger partial charge >= 0.3 is 0 Å². The fraction of sp³-hybridized carbons (Fsp3) is 0.250. The molecule has 0 saturated carbocycles. The van der Waals surface area contributed by atoms with E-state index in [9.17, 15) is 4.79 Å². The van der Waals surface area contributed by atoms with Crippen molar-refractivity contribution in [3.63, 3.8) is 0 Å². The van der Waals surface area contributed by atoms with E-state index in [2.05, 4.69) is 13.8 Å². The Morgan fingerprint density at radius 1 is 1.09 bits per heavy atom. The number of nitrogens with zero attached hydrogens (tertiary/aromatic N) is 1. The SMILES string of the molecule is CC(C)COc1ccc(/C=C2/C(=O)N(C)c3ccccc32)cc1. The van der Waals surface area contributed by atoms with Gasteiger partial charge in [0.25, 0.3) is 5.91 Å². The summed E-state index contributed by atoms with van der Waals surface area (Å²) in [6.45, 7) is 4.95. The van der Waals surface area contributed by atoms with Gasteiger partial charge in [0, 0.05) is 18.2 Å². The maximum absolute atomic E-state index is 12.4. The van der Waals surface area contributed by atoms with Gasteiger partial charge < -0.3 is 9.64 Å². The molecular formula is C20H21NO2. The van der Waals surface area contributed by atoms with E-state index < -0.39 is 0 Å². The molecule has 0 fully saturated rings. The Kier molecular flexibility index (Phi) is 4.20. The number of para-hydroxylation sites is 1. The van der Waals surface area contributed by atoms with Crippen molar-refractivity contribution in [3.8, 4) is 5.75 Å². The average Bonchev–Trinajstić information content (AvgIpc) is 2.80. The highest BCUT2D eigenvalue weighted by molar-refractivity contribution is 6.35. The molecule has 23 heavy (non-hydrogen) atoms. The zero-order chi connectivity index (χ0) is 16.4. The number of ether oxygens (including phenoxy) is 1. The molecule has 0 aromatic heterocycles. The maximum Gasteiger partial charge on any atom is 0.258 e. The fourth-order valence-electron chi connectivity index (χ4n) is 2.63. The molecule has 3 rings (SSSR count). The van der Waals surface area contributed by atoms with Gasteiger partial charge in [0.15, 0.2) is 0 Å². The Morgan fingerprint density at radius 3 is 2.48 bits per heavy atom. The summed E-state index contributed by atoms with van der Waals surface area (Å²) in [4.78, 5) is 14.1. The van der Waals surface area contributed by atoms with Crippen LogP contribution in [0.4, 0.5) is 5.69 Å². The third kappa shape index (κ3) is 3.14. The topological polar surface area (TPSA) is 29.5 Å². The summed E-state index contributed by atoms with van der Waals surface area (Å²) in [5, 5.41) is 0. The lowest BCUT2D eigenvalue weighted by Crippen LogP contribution is -2.20. The largest absolute Gasteiger partial charge is 0.493 e. The molecule has 1 heterocycles. The van der Waals surface area contributed by atoms with E-state index in [1.165, 1.54) is 0 Å². The van der Waals surface area contributed by atoms with Gasteiger partial charge in [0.1, 0.15) is 5.75 Å². The number of anilines is 1. The van der Waals surface area contributed by atoms with Crippen LogP contribution in [-0.2, 0) is 4.79 Å². The Hall–Kier alpha value is -2.55. The van der Waals surface area contributed by atoms with Gasteiger partial charge in [0.05, 0.1) is 12.3 Å². The molecule has 3 heteroatoms. The van der Waals surface area contributed by atoms with Crippen molar-refractivity contribution in [2.75, 3.05) is 18.6 Å². The molecule has 0 N–H and O–H groups in total. The second kappa shape index (κ2) is 6.29. The molecule has 1 aliphatic heterocycles. The monoisotopic (exact) mass is 307 g/mol. The second-order valence-corrected chi connectivity index (χ2v) is 6.21. The molecule has 0 aliphatic carbocycles. The van der Waals surface area contributed by atoms with Crippen molar-refractivity contribution in [2.24, 2.45) is 5.92 Å². The van der Waals surface area contributed by atoms with E-state index in [-0.39, 0.29) is 5.91 Å². The van der Waals surface area contributed by atoms with Crippen molar-refractivity contribution in [1.29, 1.82) is 0 Å². The molecule has 118 valence electrons. The van der Waals surface area contributed by atoms with Gasteiger partial charge in [-0.3, -0.25) is 4.79 Å². The number of carbonyl (C=O) groups is 1. The number of carbonyl (C=O) groups excluding carboxylic acids is 1. The predicted octanol–water partition coefficient (Wildman–Crippen LogP) is 4.24. The van der Waals surface area contributed by atoms with Crippen LogP contribution in [0.25, 0.3) is 11.6 Å². The van der Waals surface area contributed by atoms with E-state index in [1.54, 1.807) is 4.90 Å². The summed E-state index contributed by atoms with van der Waals surface area (Å²) in [7, 11) is 1.81. The molecule has 1 aliphatic rings. The molecule has 0 bridgehead atoms. The summed E-state index contributed by atoms with van der Waals surface area (Å²) in [5.74, 6) is 1.39. The summed E-state index contributed by atoms with van der Waals surface area (Å²) in [6, 6.07) is 15.7. The number of hydrogen-bond acceptors (Lipinski definition) is 2. The first-order chi connectivity index (χ1) is 11.1.